The first-order chi connectivity index (χ1) is 12.6. The summed E-state index contributed by atoms with van der Waals surface area (Å²) in [5.74, 6) is 0.816. The number of fused-ring (bicyclic) bond motifs is 1. The summed E-state index contributed by atoms with van der Waals surface area (Å²) in [5, 5.41) is 3.88. The number of ether oxygens (including phenoxy) is 1. The summed E-state index contributed by atoms with van der Waals surface area (Å²) in [6.07, 6.45) is 1.09. The molecule has 5 nitrogen and oxygen atoms in total. The number of aromatic amines is 1. The molecule has 1 heterocycles. The van der Waals surface area contributed by atoms with Crippen molar-refractivity contribution in [2.45, 2.75) is 26.3 Å². The minimum atomic E-state index is -0.0729. The average Bonchev–Trinajstić information content (AvgIpc) is 2.65. The van der Waals surface area contributed by atoms with Gasteiger partial charge in [0.15, 0.2) is 0 Å². The summed E-state index contributed by atoms with van der Waals surface area (Å²) in [7, 11) is 0. The summed E-state index contributed by atoms with van der Waals surface area (Å²) in [5.41, 5.74) is 2.40. The lowest BCUT2D eigenvalue weighted by Gasteiger charge is -2.08. The monoisotopic (exact) mass is 350 g/mol. The van der Waals surface area contributed by atoms with Crippen LogP contribution in [-0.4, -0.2) is 17.5 Å². The fourth-order valence-electron chi connectivity index (χ4n) is 2.70. The van der Waals surface area contributed by atoms with Gasteiger partial charge in [-0.05, 0) is 54.6 Å². The lowest BCUT2D eigenvalue weighted by molar-refractivity contribution is -0.121. The lowest BCUT2D eigenvalue weighted by Crippen LogP contribution is -2.23. The molecule has 2 N–H and O–H groups in total. The molecule has 0 unspecified atom stereocenters. The molecule has 0 saturated heterocycles. The second-order valence-corrected chi connectivity index (χ2v) is 6.24. The van der Waals surface area contributed by atoms with Crippen LogP contribution in [0.5, 0.6) is 5.75 Å². The number of carbonyl (C=O) groups excluding carboxylic acids is 1. The summed E-state index contributed by atoms with van der Waals surface area (Å²) >= 11 is 0. The van der Waals surface area contributed by atoms with E-state index >= 15 is 0 Å². The molecule has 0 aliphatic rings. The maximum Gasteiger partial charge on any atom is 0.251 e. The Morgan fingerprint density at radius 1 is 1.12 bits per heavy atom. The molecular formula is C21H22N2O3. The summed E-state index contributed by atoms with van der Waals surface area (Å²) in [4.78, 5) is 26.4. The Balaban J connectivity index is 1.46. The van der Waals surface area contributed by atoms with Crippen LogP contribution in [-0.2, 0) is 11.3 Å². The Morgan fingerprint density at radius 3 is 2.73 bits per heavy atom. The number of para-hydroxylation sites is 1. The van der Waals surface area contributed by atoms with E-state index in [1.807, 2.05) is 54.6 Å². The number of pyridine rings is 1. The SMILES string of the molecule is Cc1cc2cc(CNC(=O)CCCOc3ccccc3)ccc2[nH]c1=O. The molecule has 0 saturated carbocycles. The van der Waals surface area contributed by atoms with Crippen LogP contribution in [0, 0.1) is 6.92 Å². The molecule has 5 heteroatoms. The third-order valence-corrected chi connectivity index (χ3v) is 4.14. The number of carbonyl (C=O) groups is 1. The largest absolute Gasteiger partial charge is 0.494 e. The van der Waals surface area contributed by atoms with E-state index in [2.05, 4.69) is 10.3 Å². The van der Waals surface area contributed by atoms with E-state index in [0.29, 0.717) is 31.6 Å². The van der Waals surface area contributed by atoms with E-state index < -0.39 is 0 Å². The van der Waals surface area contributed by atoms with E-state index in [9.17, 15) is 9.59 Å². The highest BCUT2D eigenvalue weighted by atomic mass is 16.5. The standard InChI is InChI=1S/C21H22N2O3/c1-15-12-17-13-16(9-10-19(17)23-21(15)25)14-22-20(24)8-5-11-26-18-6-3-2-4-7-18/h2-4,6-7,9-10,12-13H,5,8,11,14H2,1H3,(H,22,24)(H,23,25). The van der Waals surface area contributed by atoms with Gasteiger partial charge in [-0.3, -0.25) is 9.59 Å². The molecular weight excluding hydrogens is 328 g/mol. The third-order valence-electron chi connectivity index (χ3n) is 4.14. The Kier molecular flexibility index (Phi) is 5.69. The highest BCUT2D eigenvalue weighted by Gasteiger charge is 2.04. The summed E-state index contributed by atoms with van der Waals surface area (Å²) < 4.78 is 5.58. The molecule has 1 amide bonds. The summed E-state index contributed by atoms with van der Waals surface area (Å²) in [6, 6.07) is 17.2. The molecule has 0 fully saturated rings. The normalized spacial score (nSPS) is 10.7. The van der Waals surface area contributed by atoms with Crippen LogP contribution in [0.1, 0.15) is 24.0 Å². The Bertz CT molecular complexity index is 948. The van der Waals surface area contributed by atoms with Crippen molar-refractivity contribution in [2.75, 3.05) is 6.61 Å². The zero-order valence-electron chi connectivity index (χ0n) is 14.7. The number of H-pyrrole nitrogens is 1. The Labute approximate surface area is 152 Å². The first-order valence-corrected chi connectivity index (χ1v) is 8.69. The van der Waals surface area contributed by atoms with Gasteiger partial charge in [0.1, 0.15) is 5.75 Å². The smallest absolute Gasteiger partial charge is 0.251 e. The molecule has 0 radical (unpaired) electrons. The molecule has 0 aliphatic heterocycles. The highest BCUT2D eigenvalue weighted by molar-refractivity contribution is 5.80. The molecule has 0 atom stereocenters. The van der Waals surface area contributed by atoms with Crippen LogP contribution in [0.25, 0.3) is 10.9 Å². The van der Waals surface area contributed by atoms with Gasteiger partial charge >= 0.3 is 0 Å². The van der Waals surface area contributed by atoms with Gasteiger partial charge in [0.2, 0.25) is 5.91 Å². The average molecular weight is 350 g/mol. The molecule has 2 aromatic carbocycles. The molecule has 3 aromatic rings. The summed E-state index contributed by atoms with van der Waals surface area (Å²) in [6.45, 7) is 2.76. The van der Waals surface area contributed by atoms with Crippen molar-refractivity contribution in [3.63, 3.8) is 0 Å². The molecule has 0 aliphatic carbocycles. The van der Waals surface area contributed by atoms with Crippen molar-refractivity contribution < 1.29 is 9.53 Å². The second-order valence-electron chi connectivity index (χ2n) is 6.24. The predicted octanol–water partition coefficient (Wildman–Crippen LogP) is 3.31. The third kappa shape index (κ3) is 4.72. The molecule has 3 rings (SSSR count). The Morgan fingerprint density at radius 2 is 1.92 bits per heavy atom. The minimum absolute atomic E-state index is 0.000548. The van der Waals surface area contributed by atoms with E-state index in [1.54, 1.807) is 6.92 Å². The zero-order chi connectivity index (χ0) is 18.4. The van der Waals surface area contributed by atoms with E-state index in [1.165, 1.54) is 0 Å². The van der Waals surface area contributed by atoms with Crippen LogP contribution in [0.2, 0.25) is 0 Å². The van der Waals surface area contributed by atoms with E-state index in [0.717, 1.165) is 22.2 Å². The lowest BCUT2D eigenvalue weighted by atomic mass is 10.1. The van der Waals surface area contributed by atoms with Crippen molar-refractivity contribution in [2.24, 2.45) is 0 Å². The minimum Gasteiger partial charge on any atom is -0.494 e. The van der Waals surface area contributed by atoms with Gasteiger partial charge in [-0.2, -0.15) is 0 Å². The predicted molar refractivity (Wildman–Crippen MR) is 102 cm³/mol. The number of rotatable bonds is 7. The maximum absolute atomic E-state index is 12.0. The molecule has 134 valence electrons. The molecule has 0 spiro atoms. The fraction of sp³-hybridized carbons (Fsp3) is 0.238. The number of hydrogen-bond donors (Lipinski definition) is 2. The van der Waals surface area contributed by atoms with Crippen LogP contribution in [0.15, 0.2) is 59.4 Å². The van der Waals surface area contributed by atoms with Gasteiger partial charge in [0.25, 0.3) is 5.56 Å². The van der Waals surface area contributed by atoms with Crippen LogP contribution in [0.4, 0.5) is 0 Å². The second kappa shape index (κ2) is 8.34. The number of nitrogens with one attached hydrogen (secondary N) is 2. The van der Waals surface area contributed by atoms with Crippen molar-refractivity contribution in [3.8, 4) is 5.75 Å². The van der Waals surface area contributed by atoms with Gasteiger partial charge in [0, 0.05) is 24.0 Å². The molecule has 26 heavy (non-hydrogen) atoms. The van der Waals surface area contributed by atoms with Crippen molar-refractivity contribution in [1.29, 1.82) is 0 Å². The van der Waals surface area contributed by atoms with Crippen LogP contribution < -0.4 is 15.6 Å². The first-order valence-electron chi connectivity index (χ1n) is 8.69. The van der Waals surface area contributed by atoms with Crippen LogP contribution in [0.3, 0.4) is 0 Å². The van der Waals surface area contributed by atoms with Gasteiger partial charge in [-0.25, -0.2) is 0 Å². The number of aromatic nitrogens is 1. The number of benzene rings is 2. The van der Waals surface area contributed by atoms with Crippen molar-refractivity contribution >= 4 is 16.8 Å². The fourth-order valence-corrected chi connectivity index (χ4v) is 2.70. The number of aryl methyl sites for hydroxylation is 1. The van der Waals surface area contributed by atoms with Gasteiger partial charge in [-0.1, -0.05) is 24.3 Å². The van der Waals surface area contributed by atoms with Gasteiger partial charge in [-0.15, -0.1) is 0 Å². The quantitative estimate of drug-likeness (QED) is 0.642. The van der Waals surface area contributed by atoms with E-state index in [-0.39, 0.29) is 11.5 Å². The van der Waals surface area contributed by atoms with E-state index in [4.69, 9.17) is 4.74 Å². The molecule has 0 bridgehead atoms. The number of hydrogen-bond acceptors (Lipinski definition) is 3. The zero-order valence-corrected chi connectivity index (χ0v) is 14.7. The van der Waals surface area contributed by atoms with Crippen LogP contribution >= 0.6 is 0 Å². The number of amides is 1. The maximum atomic E-state index is 12.0. The first kappa shape index (κ1) is 17.7. The Hall–Kier alpha value is -3.08. The van der Waals surface area contributed by atoms with Crippen molar-refractivity contribution in [1.82, 2.24) is 10.3 Å². The van der Waals surface area contributed by atoms with Gasteiger partial charge < -0.3 is 15.0 Å². The van der Waals surface area contributed by atoms with Gasteiger partial charge in [0.05, 0.1) is 6.61 Å². The molecule has 1 aromatic heterocycles. The topological polar surface area (TPSA) is 71.2 Å². The highest BCUT2D eigenvalue weighted by Crippen LogP contribution is 2.13. The van der Waals surface area contributed by atoms with Crippen molar-refractivity contribution in [3.05, 3.63) is 76.1 Å².